The van der Waals surface area contributed by atoms with E-state index in [1.54, 1.807) is 0 Å². The van der Waals surface area contributed by atoms with E-state index in [2.05, 4.69) is 32.5 Å². The zero-order valence-electron chi connectivity index (χ0n) is 11.2. The molecule has 0 saturated heterocycles. The maximum absolute atomic E-state index is 6.08. The molecule has 0 radical (unpaired) electrons. The molecule has 0 amide bonds. The van der Waals surface area contributed by atoms with Crippen LogP contribution in [0.2, 0.25) is 10.3 Å². The summed E-state index contributed by atoms with van der Waals surface area (Å²) in [4.78, 5) is 12.3. The van der Waals surface area contributed by atoms with Gasteiger partial charge in [-0.1, -0.05) is 24.6 Å². The molecule has 1 heterocycles. The zero-order valence-corrected chi connectivity index (χ0v) is 12.8. The highest BCUT2D eigenvalue weighted by Crippen LogP contribution is 2.25. The third-order valence-electron chi connectivity index (χ3n) is 2.66. The van der Waals surface area contributed by atoms with Gasteiger partial charge < -0.3 is 10.6 Å². The van der Waals surface area contributed by atoms with Gasteiger partial charge in [-0.2, -0.15) is 15.0 Å². The molecule has 5 nitrogen and oxygen atoms in total. The van der Waals surface area contributed by atoms with Gasteiger partial charge in [0.25, 0.3) is 0 Å². The molecule has 106 valence electrons. The van der Waals surface area contributed by atoms with Gasteiger partial charge in [-0.15, -0.1) is 0 Å². The minimum atomic E-state index is 0.140. The van der Waals surface area contributed by atoms with E-state index >= 15 is 0 Å². The largest absolute Gasteiger partial charge is 0.354 e. The fraction of sp³-hybridized carbons (Fsp3) is 0.308. The minimum Gasteiger partial charge on any atom is -0.354 e. The van der Waals surface area contributed by atoms with Gasteiger partial charge in [-0.05, 0) is 42.6 Å². The first-order chi connectivity index (χ1) is 9.60. The quantitative estimate of drug-likeness (QED) is 0.872. The van der Waals surface area contributed by atoms with Crippen LogP contribution in [0, 0.1) is 6.92 Å². The normalized spacial score (nSPS) is 10.4. The Balaban J connectivity index is 2.24. The summed E-state index contributed by atoms with van der Waals surface area (Å²) in [6.07, 6.45) is 0.972. The summed E-state index contributed by atoms with van der Waals surface area (Å²) in [5, 5.41) is 6.99. The van der Waals surface area contributed by atoms with E-state index in [9.17, 15) is 0 Å². The third kappa shape index (κ3) is 3.71. The van der Waals surface area contributed by atoms with Crippen LogP contribution in [0.1, 0.15) is 18.9 Å². The van der Waals surface area contributed by atoms with Crippen molar-refractivity contribution in [1.82, 2.24) is 15.0 Å². The molecule has 2 rings (SSSR count). The van der Waals surface area contributed by atoms with E-state index < -0.39 is 0 Å². The van der Waals surface area contributed by atoms with E-state index in [-0.39, 0.29) is 5.28 Å². The van der Waals surface area contributed by atoms with Crippen LogP contribution < -0.4 is 10.6 Å². The molecule has 7 heteroatoms. The van der Waals surface area contributed by atoms with Gasteiger partial charge in [0.2, 0.25) is 17.2 Å². The average Bonchev–Trinajstić information content (AvgIpc) is 2.41. The highest BCUT2D eigenvalue weighted by molar-refractivity contribution is 6.31. The molecule has 1 aromatic heterocycles. The van der Waals surface area contributed by atoms with E-state index in [4.69, 9.17) is 23.2 Å². The summed E-state index contributed by atoms with van der Waals surface area (Å²) < 4.78 is 0. The zero-order chi connectivity index (χ0) is 14.5. The first-order valence-electron chi connectivity index (χ1n) is 6.27. The van der Waals surface area contributed by atoms with Gasteiger partial charge in [0.15, 0.2) is 0 Å². The highest BCUT2D eigenvalue weighted by atomic mass is 35.5. The molecule has 0 aliphatic rings. The number of halogens is 2. The molecule has 1 aromatic carbocycles. The summed E-state index contributed by atoms with van der Waals surface area (Å²) in [7, 11) is 0. The molecule has 0 aliphatic heterocycles. The third-order valence-corrected chi connectivity index (χ3v) is 3.23. The second-order valence-electron chi connectivity index (χ2n) is 4.22. The molecule has 0 saturated carbocycles. The van der Waals surface area contributed by atoms with E-state index in [0.29, 0.717) is 16.9 Å². The second-order valence-corrected chi connectivity index (χ2v) is 4.96. The SMILES string of the molecule is CCCNc1nc(Cl)nc(Nc2cccc(Cl)c2C)n1. The fourth-order valence-corrected chi connectivity index (χ4v) is 1.92. The number of hydrogen-bond acceptors (Lipinski definition) is 5. The Morgan fingerprint density at radius 2 is 1.85 bits per heavy atom. The van der Waals surface area contributed by atoms with E-state index in [0.717, 1.165) is 24.2 Å². The van der Waals surface area contributed by atoms with Gasteiger partial charge in [0.1, 0.15) is 0 Å². The van der Waals surface area contributed by atoms with Gasteiger partial charge in [-0.3, -0.25) is 0 Å². The number of aromatic nitrogens is 3. The first kappa shape index (κ1) is 14.8. The van der Waals surface area contributed by atoms with Crippen LogP contribution in [0.5, 0.6) is 0 Å². The summed E-state index contributed by atoms with van der Waals surface area (Å²) in [6, 6.07) is 5.59. The summed E-state index contributed by atoms with van der Waals surface area (Å²) in [6.45, 7) is 4.75. The van der Waals surface area contributed by atoms with Crippen LogP contribution in [0.3, 0.4) is 0 Å². The maximum Gasteiger partial charge on any atom is 0.233 e. The molecular formula is C13H15Cl2N5. The lowest BCUT2D eigenvalue weighted by molar-refractivity contribution is 0.940. The molecule has 0 spiro atoms. The summed E-state index contributed by atoms with van der Waals surface area (Å²) in [5.41, 5.74) is 1.76. The molecule has 0 bridgehead atoms. The van der Waals surface area contributed by atoms with E-state index in [1.807, 2.05) is 25.1 Å². The van der Waals surface area contributed by atoms with Crippen molar-refractivity contribution in [3.63, 3.8) is 0 Å². The maximum atomic E-state index is 6.08. The molecule has 0 aliphatic carbocycles. The van der Waals surface area contributed by atoms with Crippen LogP contribution in [0.15, 0.2) is 18.2 Å². The standard InChI is InChI=1S/C13H15Cl2N5/c1-3-7-16-12-18-11(15)19-13(20-12)17-10-6-4-5-9(14)8(10)2/h4-6H,3,7H2,1-2H3,(H2,16,17,18,19,20). The first-order valence-corrected chi connectivity index (χ1v) is 7.03. The van der Waals surface area contributed by atoms with Crippen molar-refractivity contribution in [2.24, 2.45) is 0 Å². The lowest BCUT2D eigenvalue weighted by Crippen LogP contribution is -2.08. The van der Waals surface area contributed by atoms with Gasteiger partial charge in [0.05, 0.1) is 0 Å². The number of benzene rings is 1. The molecule has 0 unspecified atom stereocenters. The number of rotatable bonds is 5. The molecule has 2 N–H and O–H groups in total. The van der Waals surface area contributed by atoms with Crippen molar-refractivity contribution in [2.75, 3.05) is 17.2 Å². The van der Waals surface area contributed by atoms with Crippen molar-refractivity contribution in [2.45, 2.75) is 20.3 Å². The van der Waals surface area contributed by atoms with Gasteiger partial charge in [0, 0.05) is 17.3 Å². The Morgan fingerprint density at radius 1 is 1.10 bits per heavy atom. The summed E-state index contributed by atoms with van der Waals surface area (Å²) >= 11 is 12.0. The van der Waals surface area contributed by atoms with Crippen LogP contribution in [-0.2, 0) is 0 Å². The Bertz CT molecular complexity index is 603. The topological polar surface area (TPSA) is 62.7 Å². The number of nitrogens with zero attached hydrogens (tertiary/aromatic N) is 3. The predicted molar refractivity (Wildman–Crippen MR) is 83.1 cm³/mol. The van der Waals surface area contributed by atoms with Crippen molar-refractivity contribution in [3.05, 3.63) is 34.1 Å². The Morgan fingerprint density at radius 3 is 2.60 bits per heavy atom. The van der Waals surface area contributed by atoms with Crippen molar-refractivity contribution < 1.29 is 0 Å². The number of anilines is 3. The molecule has 0 fully saturated rings. The molecule has 20 heavy (non-hydrogen) atoms. The lowest BCUT2D eigenvalue weighted by Gasteiger charge is -2.10. The monoisotopic (exact) mass is 311 g/mol. The van der Waals surface area contributed by atoms with Crippen molar-refractivity contribution in [3.8, 4) is 0 Å². The molecule has 2 aromatic rings. The fourth-order valence-electron chi connectivity index (χ4n) is 1.59. The van der Waals surface area contributed by atoms with Crippen LogP contribution in [0.4, 0.5) is 17.6 Å². The van der Waals surface area contributed by atoms with Crippen molar-refractivity contribution >= 4 is 40.8 Å². The Kier molecular flexibility index (Phi) is 4.98. The number of nitrogens with one attached hydrogen (secondary N) is 2. The van der Waals surface area contributed by atoms with Crippen LogP contribution >= 0.6 is 23.2 Å². The predicted octanol–water partition coefficient (Wildman–Crippen LogP) is 4.05. The van der Waals surface area contributed by atoms with Crippen molar-refractivity contribution in [1.29, 1.82) is 0 Å². The molecular weight excluding hydrogens is 297 g/mol. The van der Waals surface area contributed by atoms with E-state index in [1.165, 1.54) is 0 Å². The Hall–Kier alpha value is -1.59. The lowest BCUT2D eigenvalue weighted by atomic mass is 10.2. The van der Waals surface area contributed by atoms with Crippen LogP contribution in [0.25, 0.3) is 0 Å². The second kappa shape index (κ2) is 6.72. The highest BCUT2D eigenvalue weighted by Gasteiger charge is 2.07. The summed E-state index contributed by atoms with van der Waals surface area (Å²) in [5.74, 6) is 0.836. The average molecular weight is 312 g/mol. The smallest absolute Gasteiger partial charge is 0.233 e. The minimum absolute atomic E-state index is 0.140. The van der Waals surface area contributed by atoms with Crippen LogP contribution in [-0.4, -0.2) is 21.5 Å². The van der Waals surface area contributed by atoms with Gasteiger partial charge in [-0.25, -0.2) is 0 Å². The molecule has 0 atom stereocenters. The van der Waals surface area contributed by atoms with Gasteiger partial charge >= 0.3 is 0 Å². The number of hydrogen-bond donors (Lipinski definition) is 2. The Labute approximate surface area is 127 Å².